The monoisotopic (exact) mass is 364 g/mol. The van der Waals surface area contributed by atoms with E-state index in [1.165, 1.54) is 12.1 Å². The van der Waals surface area contributed by atoms with Crippen molar-refractivity contribution in [3.05, 3.63) is 64.8 Å². The molecule has 3 rings (SSSR count). The van der Waals surface area contributed by atoms with Crippen molar-refractivity contribution in [2.45, 2.75) is 20.3 Å². The van der Waals surface area contributed by atoms with Crippen LogP contribution in [0.4, 0.5) is 0 Å². The van der Waals surface area contributed by atoms with E-state index in [4.69, 9.17) is 4.84 Å². The van der Waals surface area contributed by atoms with Gasteiger partial charge in [-0.15, -0.1) is 4.73 Å². The van der Waals surface area contributed by atoms with E-state index < -0.39 is 5.97 Å². The summed E-state index contributed by atoms with van der Waals surface area (Å²) in [6.45, 7) is 3.87. The smallest absolute Gasteiger partial charge is 0.339 e. The summed E-state index contributed by atoms with van der Waals surface area (Å²) in [5.41, 5.74) is 2.35. The minimum absolute atomic E-state index is 0.119. The van der Waals surface area contributed by atoms with Crippen LogP contribution in [0.25, 0.3) is 23.3 Å². The maximum absolute atomic E-state index is 12.4. The fourth-order valence-corrected chi connectivity index (χ4v) is 2.95. The molecule has 0 fully saturated rings. The summed E-state index contributed by atoms with van der Waals surface area (Å²) in [7, 11) is 0. The summed E-state index contributed by atoms with van der Waals surface area (Å²) >= 11 is 0. The average Bonchev–Trinajstić information content (AvgIpc) is 3.00. The Morgan fingerprint density at radius 3 is 2.33 bits per heavy atom. The molecular formula is C21H20N2O4. The van der Waals surface area contributed by atoms with Gasteiger partial charge in [0.25, 0.3) is 0 Å². The number of carbonyl (C=O) groups is 1. The zero-order chi connectivity index (χ0) is 19.4. The lowest BCUT2D eigenvalue weighted by molar-refractivity contribution is -0.144. The van der Waals surface area contributed by atoms with E-state index in [1.54, 1.807) is 6.20 Å². The van der Waals surface area contributed by atoms with Crippen LogP contribution >= 0.6 is 0 Å². The molecule has 6 nitrogen and oxygen atoms in total. The summed E-state index contributed by atoms with van der Waals surface area (Å²) in [6.07, 6.45) is 5.55. The van der Waals surface area contributed by atoms with Gasteiger partial charge in [0.05, 0.1) is 12.1 Å². The lowest BCUT2D eigenvalue weighted by atomic mass is 9.98. The van der Waals surface area contributed by atoms with Crippen molar-refractivity contribution in [1.82, 2.24) is 9.71 Å². The Labute approximate surface area is 156 Å². The lowest BCUT2D eigenvalue weighted by Gasteiger charge is -2.11. The summed E-state index contributed by atoms with van der Waals surface area (Å²) in [5.74, 6) is -1.39. The fourth-order valence-electron chi connectivity index (χ4n) is 2.95. The van der Waals surface area contributed by atoms with E-state index in [-0.39, 0.29) is 18.2 Å². The number of carbonyl (C=O) groups excluding carboxylic acids is 1. The Morgan fingerprint density at radius 1 is 1.07 bits per heavy atom. The van der Waals surface area contributed by atoms with E-state index in [1.807, 2.05) is 56.3 Å². The summed E-state index contributed by atoms with van der Waals surface area (Å²) in [4.78, 5) is 21.9. The second-order valence-corrected chi connectivity index (χ2v) is 5.88. The number of hydrogen-bond acceptors (Lipinski definition) is 5. The molecule has 138 valence electrons. The van der Waals surface area contributed by atoms with Gasteiger partial charge in [0.1, 0.15) is 0 Å². The standard InChI is InChI=1S/C21H20N2O4/c1-3-14-13-22-17(12-20(26)27-23-18(24)10-11-19(23)25)21(16(14)4-2)15-8-6-5-7-9-15/h3-11,13,24-25H,12H2,1-2H3. The molecule has 0 atom stereocenters. The maximum Gasteiger partial charge on any atom is 0.339 e. The highest BCUT2D eigenvalue weighted by molar-refractivity contribution is 5.77. The van der Waals surface area contributed by atoms with Gasteiger partial charge in [-0.1, -0.05) is 42.5 Å². The van der Waals surface area contributed by atoms with E-state index >= 15 is 0 Å². The Bertz CT molecular complexity index is 1070. The first-order valence-corrected chi connectivity index (χ1v) is 8.52. The third kappa shape index (κ3) is 3.69. The molecule has 3 aromatic rings. The minimum atomic E-state index is -0.656. The van der Waals surface area contributed by atoms with Crippen molar-refractivity contribution in [2.24, 2.45) is 0 Å². The van der Waals surface area contributed by atoms with Crippen LogP contribution in [0.1, 0.15) is 19.5 Å². The minimum Gasteiger partial charge on any atom is -0.492 e. The number of aromatic nitrogens is 2. The van der Waals surface area contributed by atoms with Crippen molar-refractivity contribution < 1.29 is 19.8 Å². The van der Waals surface area contributed by atoms with Crippen LogP contribution in [0.3, 0.4) is 0 Å². The van der Waals surface area contributed by atoms with E-state index in [2.05, 4.69) is 4.98 Å². The Balaban J connectivity index is 2.04. The van der Waals surface area contributed by atoms with Crippen LogP contribution in [0.5, 0.6) is 11.8 Å². The number of hydrogen-bond donors (Lipinski definition) is 2. The lowest BCUT2D eigenvalue weighted by Crippen LogP contribution is -2.30. The maximum atomic E-state index is 12.4. The van der Waals surface area contributed by atoms with Gasteiger partial charge in [0.15, 0.2) is 0 Å². The molecule has 0 amide bonds. The fraction of sp³-hybridized carbons (Fsp3) is 0.143. The Hall–Kier alpha value is -3.54. The average molecular weight is 364 g/mol. The Kier molecular flexibility index (Phi) is 5.26. The first-order valence-electron chi connectivity index (χ1n) is 8.52. The van der Waals surface area contributed by atoms with Crippen molar-refractivity contribution in [2.75, 3.05) is 0 Å². The molecule has 0 saturated carbocycles. The number of benzene rings is 1. The van der Waals surface area contributed by atoms with E-state index in [9.17, 15) is 15.0 Å². The molecule has 0 aliphatic rings. The van der Waals surface area contributed by atoms with Gasteiger partial charge < -0.3 is 15.1 Å². The quantitative estimate of drug-likeness (QED) is 0.737. The topological polar surface area (TPSA) is 84.6 Å². The highest BCUT2D eigenvalue weighted by Crippen LogP contribution is 2.20. The predicted molar refractivity (Wildman–Crippen MR) is 102 cm³/mol. The van der Waals surface area contributed by atoms with Crippen LogP contribution < -0.4 is 15.3 Å². The van der Waals surface area contributed by atoms with Gasteiger partial charge in [0, 0.05) is 23.9 Å². The molecule has 0 bridgehead atoms. The molecular weight excluding hydrogens is 344 g/mol. The third-order valence-electron chi connectivity index (χ3n) is 4.19. The van der Waals surface area contributed by atoms with Gasteiger partial charge in [-0.25, -0.2) is 4.79 Å². The molecule has 2 heterocycles. The third-order valence-corrected chi connectivity index (χ3v) is 4.19. The van der Waals surface area contributed by atoms with E-state index in [0.29, 0.717) is 10.4 Å². The van der Waals surface area contributed by atoms with Crippen LogP contribution in [-0.2, 0) is 11.2 Å². The summed E-state index contributed by atoms with van der Waals surface area (Å²) in [5, 5.41) is 21.2. The molecule has 0 aliphatic heterocycles. The number of rotatable bonds is 4. The predicted octanol–water partition coefficient (Wildman–Crippen LogP) is 1.76. The van der Waals surface area contributed by atoms with Gasteiger partial charge in [0.2, 0.25) is 11.8 Å². The second kappa shape index (κ2) is 7.78. The van der Waals surface area contributed by atoms with Crippen LogP contribution in [-0.4, -0.2) is 25.9 Å². The molecule has 0 aliphatic carbocycles. The normalized spacial score (nSPS) is 12.4. The molecule has 0 spiro atoms. The van der Waals surface area contributed by atoms with Crippen molar-refractivity contribution >= 4 is 18.1 Å². The molecule has 2 N–H and O–H groups in total. The number of nitrogens with zero attached hydrogens (tertiary/aromatic N) is 2. The zero-order valence-electron chi connectivity index (χ0n) is 15.1. The van der Waals surface area contributed by atoms with Crippen LogP contribution in [0, 0.1) is 0 Å². The summed E-state index contributed by atoms with van der Waals surface area (Å²) < 4.78 is 0.672. The molecule has 1 aromatic carbocycles. The zero-order valence-corrected chi connectivity index (χ0v) is 15.1. The molecule has 0 radical (unpaired) electrons. The first kappa shape index (κ1) is 18.3. The summed E-state index contributed by atoms with van der Waals surface area (Å²) in [6, 6.07) is 12.2. The van der Waals surface area contributed by atoms with Crippen LogP contribution in [0.2, 0.25) is 0 Å². The molecule has 0 saturated heterocycles. The highest BCUT2D eigenvalue weighted by Gasteiger charge is 2.17. The number of pyridine rings is 1. The highest BCUT2D eigenvalue weighted by atomic mass is 16.7. The second-order valence-electron chi connectivity index (χ2n) is 5.88. The Morgan fingerprint density at radius 2 is 1.74 bits per heavy atom. The van der Waals surface area contributed by atoms with Gasteiger partial charge in [-0.05, 0) is 29.8 Å². The van der Waals surface area contributed by atoms with Crippen molar-refractivity contribution in [3.8, 4) is 22.9 Å². The van der Waals surface area contributed by atoms with E-state index in [0.717, 1.165) is 21.6 Å². The van der Waals surface area contributed by atoms with Crippen molar-refractivity contribution in [3.63, 3.8) is 0 Å². The molecule has 2 aromatic heterocycles. The molecule has 0 unspecified atom stereocenters. The van der Waals surface area contributed by atoms with Gasteiger partial charge in [-0.3, -0.25) is 4.98 Å². The SMILES string of the molecule is CC=c1cnc(CC(=O)On2c(O)ccc2O)c(-c2ccccc2)c1=CC. The number of aromatic hydroxyl groups is 2. The van der Waals surface area contributed by atoms with Gasteiger partial charge >= 0.3 is 5.97 Å². The van der Waals surface area contributed by atoms with Crippen LogP contribution in [0.15, 0.2) is 48.7 Å². The molecule has 6 heteroatoms. The largest absolute Gasteiger partial charge is 0.492 e. The first-order chi connectivity index (χ1) is 13.0. The van der Waals surface area contributed by atoms with Gasteiger partial charge in [-0.2, -0.15) is 0 Å². The van der Waals surface area contributed by atoms with Crippen molar-refractivity contribution in [1.29, 1.82) is 0 Å². The molecule has 27 heavy (non-hydrogen) atoms.